The highest BCUT2D eigenvalue weighted by molar-refractivity contribution is 7.90. The number of nitrogens with two attached hydrogens (primary N) is 1. The van der Waals surface area contributed by atoms with Crippen LogP contribution in [0, 0.1) is 0 Å². The van der Waals surface area contributed by atoms with Crippen molar-refractivity contribution >= 4 is 25.9 Å². The van der Waals surface area contributed by atoms with E-state index in [0.717, 1.165) is 18.9 Å². The molecule has 0 aromatic heterocycles. The molecule has 0 saturated carbocycles. The van der Waals surface area contributed by atoms with E-state index in [1.807, 2.05) is 0 Å². The molecular formula is C11H17N3O5S2. The second kappa shape index (κ2) is 5.79. The van der Waals surface area contributed by atoms with Crippen molar-refractivity contribution in [1.29, 1.82) is 0 Å². The average Bonchev–Trinajstić information content (AvgIpc) is 2.92. The number of ether oxygens (including phenoxy) is 1. The molecule has 1 aliphatic rings. The Morgan fingerprint density at radius 3 is 2.33 bits per heavy atom. The Hall–Kier alpha value is -1.36. The van der Waals surface area contributed by atoms with Crippen LogP contribution in [-0.4, -0.2) is 41.3 Å². The first kappa shape index (κ1) is 16.0. The zero-order chi connectivity index (χ0) is 15.7. The van der Waals surface area contributed by atoms with Gasteiger partial charge in [0.15, 0.2) is 0 Å². The fraction of sp³-hybridized carbons (Fsp3) is 0.455. The predicted octanol–water partition coefficient (Wildman–Crippen LogP) is 0.0951. The SMILES string of the molecule is COc1ccc(NS(=O)(=O)N2CCCC2)cc1S(N)(=O)=O. The minimum atomic E-state index is -4.02. The lowest BCUT2D eigenvalue weighted by molar-refractivity contribution is 0.403. The van der Waals surface area contributed by atoms with E-state index < -0.39 is 20.2 Å². The Morgan fingerprint density at radius 1 is 1.19 bits per heavy atom. The van der Waals surface area contributed by atoms with Gasteiger partial charge in [0.1, 0.15) is 10.6 Å². The van der Waals surface area contributed by atoms with Gasteiger partial charge in [-0.25, -0.2) is 13.6 Å². The Morgan fingerprint density at radius 2 is 1.81 bits per heavy atom. The minimum Gasteiger partial charge on any atom is -0.495 e. The Kier molecular flexibility index (Phi) is 4.42. The van der Waals surface area contributed by atoms with Crippen molar-refractivity contribution in [3.63, 3.8) is 0 Å². The van der Waals surface area contributed by atoms with Crippen LogP contribution in [0.25, 0.3) is 0 Å². The van der Waals surface area contributed by atoms with E-state index in [1.165, 1.54) is 23.5 Å². The number of sulfonamides is 1. The van der Waals surface area contributed by atoms with Crippen LogP contribution in [0.15, 0.2) is 23.1 Å². The van der Waals surface area contributed by atoms with E-state index in [-0.39, 0.29) is 16.3 Å². The highest BCUT2D eigenvalue weighted by Gasteiger charge is 2.26. The van der Waals surface area contributed by atoms with Gasteiger partial charge in [0.25, 0.3) is 0 Å². The van der Waals surface area contributed by atoms with E-state index in [4.69, 9.17) is 9.88 Å². The van der Waals surface area contributed by atoms with Crippen LogP contribution in [0.4, 0.5) is 5.69 Å². The molecule has 0 amide bonds. The van der Waals surface area contributed by atoms with E-state index in [0.29, 0.717) is 13.1 Å². The van der Waals surface area contributed by atoms with Gasteiger partial charge >= 0.3 is 10.2 Å². The summed E-state index contributed by atoms with van der Waals surface area (Å²) < 4.78 is 55.8. The van der Waals surface area contributed by atoms with Crippen LogP contribution in [0.5, 0.6) is 5.75 Å². The average molecular weight is 335 g/mol. The lowest BCUT2D eigenvalue weighted by Gasteiger charge is -2.17. The van der Waals surface area contributed by atoms with Crippen molar-refractivity contribution in [2.75, 3.05) is 24.9 Å². The van der Waals surface area contributed by atoms with Gasteiger partial charge in [-0.2, -0.15) is 12.7 Å². The van der Waals surface area contributed by atoms with Crippen LogP contribution in [0.1, 0.15) is 12.8 Å². The molecule has 3 N–H and O–H groups in total. The van der Waals surface area contributed by atoms with E-state index >= 15 is 0 Å². The van der Waals surface area contributed by atoms with E-state index in [9.17, 15) is 16.8 Å². The van der Waals surface area contributed by atoms with Gasteiger partial charge in [-0.15, -0.1) is 0 Å². The Bertz CT molecular complexity index is 724. The summed E-state index contributed by atoms with van der Waals surface area (Å²) in [4.78, 5) is -0.272. The van der Waals surface area contributed by atoms with Crippen molar-refractivity contribution in [3.8, 4) is 5.75 Å². The first-order chi connectivity index (χ1) is 9.74. The van der Waals surface area contributed by atoms with Crippen LogP contribution < -0.4 is 14.6 Å². The van der Waals surface area contributed by atoms with Crippen molar-refractivity contribution in [2.24, 2.45) is 5.14 Å². The first-order valence-corrected chi connectivity index (χ1v) is 9.21. The zero-order valence-electron chi connectivity index (χ0n) is 11.4. The number of anilines is 1. The van der Waals surface area contributed by atoms with Gasteiger partial charge in [0.2, 0.25) is 10.0 Å². The second-order valence-corrected chi connectivity index (χ2v) is 7.82. The van der Waals surface area contributed by atoms with Crippen molar-refractivity contribution in [3.05, 3.63) is 18.2 Å². The quantitative estimate of drug-likeness (QED) is 0.791. The number of methoxy groups -OCH3 is 1. The molecule has 1 fully saturated rings. The summed E-state index contributed by atoms with van der Waals surface area (Å²) in [6.45, 7) is 0.904. The summed E-state index contributed by atoms with van der Waals surface area (Å²) in [6.07, 6.45) is 1.62. The predicted molar refractivity (Wildman–Crippen MR) is 77.7 cm³/mol. The maximum absolute atomic E-state index is 12.1. The number of benzene rings is 1. The fourth-order valence-corrected chi connectivity index (χ4v) is 4.12. The molecule has 0 radical (unpaired) electrons. The van der Waals surface area contributed by atoms with Crippen LogP contribution in [0.2, 0.25) is 0 Å². The molecular weight excluding hydrogens is 318 g/mol. The van der Waals surface area contributed by atoms with Gasteiger partial charge < -0.3 is 4.74 Å². The molecule has 1 heterocycles. The second-order valence-electron chi connectivity index (χ2n) is 4.62. The van der Waals surface area contributed by atoms with Gasteiger partial charge in [0.05, 0.1) is 12.8 Å². The lowest BCUT2D eigenvalue weighted by Crippen LogP contribution is -2.33. The smallest absolute Gasteiger partial charge is 0.301 e. The monoisotopic (exact) mass is 335 g/mol. The molecule has 1 aromatic carbocycles. The molecule has 0 atom stereocenters. The molecule has 21 heavy (non-hydrogen) atoms. The molecule has 2 rings (SSSR count). The third-order valence-electron chi connectivity index (χ3n) is 3.12. The molecule has 1 aliphatic heterocycles. The van der Waals surface area contributed by atoms with Crippen LogP contribution in [-0.2, 0) is 20.2 Å². The molecule has 8 nitrogen and oxygen atoms in total. The summed E-state index contributed by atoms with van der Waals surface area (Å²) >= 11 is 0. The topological polar surface area (TPSA) is 119 Å². The minimum absolute atomic E-state index is 0.0571. The van der Waals surface area contributed by atoms with Crippen LogP contribution >= 0.6 is 0 Å². The van der Waals surface area contributed by atoms with Gasteiger partial charge in [-0.3, -0.25) is 4.72 Å². The molecule has 0 bridgehead atoms. The van der Waals surface area contributed by atoms with Crippen molar-refractivity contribution < 1.29 is 21.6 Å². The lowest BCUT2D eigenvalue weighted by atomic mass is 10.3. The molecule has 0 unspecified atom stereocenters. The number of rotatable bonds is 5. The number of hydrogen-bond donors (Lipinski definition) is 2. The standard InChI is InChI=1S/C11H17N3O5S2/c1-19-10-5-4-9(8-11(10)20(12,15)16)13-21(17,18)14-6-2-3-7-14/h4-5,8,13H,2-3,6-7H2,1H3,(H2,12,15,16). The van der Waals surface area contributed by atoms with Crippen LogP contribution in [0.3, 0.4) is 0 Å². The third kappa shape index (κ3) is 3.64. The van der Waals surface area contributed by atoms with Crippen molar-refractivity contribution in [2.45, 2.75) is 17.7 Å². The summed E-state index contributed by atoms with van der Waals surface area (Å²) in [5.41, 5.74) is 0.117. The summed E-state index contributed by atoms with van der Waals surface area (Å²) in [5, 5.41) is 5.09. The first-order valence-electron chi connectivity index (χ1n) is 6.23. The number of nitrogens with zero attached hydrogens (tertiary/aromatic N) is 1. The number of primary sulfonamides is 1. The molecule has 1 aromatic rings. The maximum atomic E-state index is 12.1. The maximum Gasteiger partial charge on any atom is 0.301 e. The molecule has 118 valence electrons. The van der Waals surface area contributed by atoms with E-state index in [2.05, 4.69) is 4.72 Å². The largest absolute Gasteiger partial charge is 0.495 e. The van der Waals surface area contributed by atoms with Gasteiger partial charge in [-0.05, 0) is 31.0 Å². The fourth-order valence-electron chi connectivity index (χ4n) is 2.10. The summed E-state index contributed by atoms with van der Waals surface area (Å²) in [6, 6.07) is 3.91. The Balaban J connectivity index is 2.33. The molecule has 10 heteroatoms. The Labute approximate surface area is 124 Å². The van der Waals surface area contributed by atoms with Crippen molar-refractivity contribution in [1.82, 2.24) is 4.31 Å². The zero-order valence-corrected chi connectivity index (χ0v) is 13.1. The van der Waals surface area contributed by atoms with Gasteiger partial charge in [-0.1, -0.05) is 0 Å². The number of hydrogen-bond acceptors (Lipinski definition) is 5. The normalized spacial score (nSPS) is 16.9. The highest BCUT2D eigenvalue weighted by atomic mass is 32.2. The molecule has 1 saturated heterocycles. The van der Waals surface area contributed by atoms with E-state index in [1.54, 1.807) is 0 Å². The summed E-state index contributed by atoms with van der Waals surface area (Å²) in [7, 11) is -6.40. The third-order valence-corrected chi connectivity index (χ3v) is 5.59. The molecule has 0 aliphatic carbocycles. The summed E-state index contributed by atoms with van der Waals surface area (Å²) in [5.74, 6) is 0.0571. The molecule has 0 spiro atoms. The number of nitrogens with one attached hydrogen (secondary N) is 1. The highest BCUT2D eigenvalue weighted by Crippen LogP contribution is 2.27. The van der Waals surface area contributed by atoms with Gasteiger partial charge in [0, 0.05) is 13.1 Å².